The summed E-state index contributed by atoms with van der Waals surface area (Å²) in [5.74, 6) is -0.696. The van der Waals surface area contributed by atoms with Gasteiger partial charge in [-0.3, -0.25) is 14.5 Å². The van der Waals surface area contributed by atoms with Gasteiger partial charge < -0.3 is 11.1 Å². The van der Waals surface area contributed by atoms with Crippen LogP contribution in [0.1, 0.15) is 38.5 Å². The highest BCUT2D eigenvalue weighted by Crippen LogP contribution is 2.33. The van der Waals surface area contributed by atoms with Crippen molar-refractivity contribution in [1.29, 1.82) is 0 Å². The number of carbonyl (C=O) groups is 3. The van der Waals surface area contributed by atoms with Gasteiger partial charge in [0.25, 0.3) is 5.91 Å². The number of amides is 4. The molecule has 17 heavy (non-hydrogen) atoms. The first-order valence-corrected chi connectivity index (χ1v) is 5.98. The molecule has 6 nitrogen and oxygen atoms in total. The first kappa shape index (κ1) is 11.9. The highest BCUT2D eigenvalue weighted by atomic mass is 16.2. The van der Waals surface area contributed by atoms with Crippen molar-refractivity contribution in [2.24, 2.45) is 5.73 Å². The molecule has 4 amide bonds. The van der Waals surface area contributed by atoms with Crippen LogP contribution >= 0.6 is 0 Å². The van der Waals surface area contributed by atoms with Gasteiger partial charge in [-0.2, -0.15) is 0 Å². The predicted molar refractivity (Wildman–Crippen MR) is 59.9 cm³/mol. The Morgan fingerprint density at radius 1 is 1.29 bits per heavy atom. The molecule has 1 saturated carbocycles. The molecular weight excluding hydrogens is 222 g/mol. The lowest BCUT2D eigenvalue weighted by molar-refractivity contribution is -0.132. The Bertz CT molecular complexity index is 361. The lowest BCUT2D eigenvalue weighted by Gasteiger charge is -2.30. The molecule has 0 aromatic carbocycles. The molecule has 2 rings (SSSR count). The fourth-order valence-electron chi connectivity index (χ4n) is 2.60. The van der Waals surface area contributed by atoms with E-state index >= 15 is 0 Å². The van der Waals surface area contributed by atoms with E-state index in [9.17, 15) is 14.4 Å². The Kier molecular flexibility index (Phi) is 3.04. The van der Waals surface area contributed by atoms with Crippen LogP contribution in [0.3, 0.4) is 0 Å². The first-order chi connectivity index (χ1) is 8.05. The fourth-order valence-corrected chi connectivity index (χ4v) is 2.60. The topological polar surface area (TPSA) is 92.5 Å². The summed E-state index contributed by atoms with van der Waals surface area (Å²) in [4.78, 5) is 35.7. The van der Waals surface area contributed by atoms with Crippen molar-refractivity contribution in [3.63, 3.8) is 0 Å². The molecule has 1 aliphatic heterocycles. The Balaban J connectivity index is 2.07. The zero-order chi connectivity index (χ0) is 12.5. The van der Waals surface area contributed by atoms with Crippen LogP contribution in [0, 0.1) is 0 Å². The van der Waals surface area contributed by atoms with Crippen LogP contribution < -0.4 is 11.1 Å². The van der Waals surface area contributed by atoms with Crippen LogP contribution in [-0.4, -0.2) is 34.8 Å². The van der Waals surface area contributed by atoms with Gasteiger partial charge in [0.1, 0.15) is 5.54 Å². The highest BCUT2D eigenvalue weighted by molar-refractivity contribution is 6.07. The molecule has 0 unspecified atom stereocenters. The molecular formula is C11H17N3O3. The predicted octanol–water partition coefficient (Wildman–Crippen LogP) is 0.116. The maximum Gasteiger partial charge on any atom is 0.325 e. The number of primary amides is 1. The number of carbonyl (C=O) groups excluding carboxylic acids is 3. The van der Waals surface area contributed by atoms with Gasteiger partial charge in [0.2, 0.25) is 5.91 Å². The lowest BCUT2D eigenvalue weighted by Crippen LogP contribution is -2.48. The van der Waals surface area contributed by atoms with E-state index in [0.717, 1.165) is 24.2 Å². The van der Waals surface area contributed by atoms with Crippen molar-refractivity contribution in [3.8, 4) is 0 Å². The summed E-state index contributed by atoms with van der Waals surface area (Å²) >= 11 is 0. The summed E-state index contributed by atoms with van der Waals surface area (Å²) in [7, 11) is 0. The van der Waals surface area contributed by atoms with Gasteiger partial charge >= 0.3 is 6.03 Å². The van der Waals surface area contributed by atoms with E-state index in [2.05, 4.69) is 5.32 Å². The number of hydrogen-bond donors (Lipinski definition) is 2. The van der Waals surface area contributed by atoms with Crippen molar-refractivity contribution in [2.75, 3.05) is 6.54 Å². The van der Waals surface area contributed by atoms with Gasteiger partial charge in [-0.25, -0.2) is 4.79 Å². The third-order valence-corrected chi connectivity index (χ3v) is 3.53. The third kappa shape index (κ3) is 2.11. The summed E-state index contributed by atoms with van der Waals surface area (Å²) in [6, 6.07) is -0.391. The average Bonchev–Trinajstić information content (AvgIpc) is 2.50. The Morgan fingerprint density at radius 2 is 1.94 bits per heavy atom. The zero-order valence-corrected chi connectivity index (χ0v) is 9.70. The van der Waals surface area contributed by atoms with Gasteiger partial charge in [0, 0.05) is 13.0 Å². The van der Waals surface area contributed by atoms with E-state index < -0.39 is 17.5 Å². The largest absolute Gasteiger partial charge is 0.370 e. The van der Waals surface area contributed by atoms with E-state index in [-0.39, 0.29) is 18.9 Å². The van der Waals surface area contributed by atoms with Crippen LogP contribution in [0.15, 0.2) is 0 Å². The molecule has 0 aromatic heterocycles. The molecule has 0 bridgehead atoms. The average molecular weight is 239 g/mol. The molecule has 1 heterocycles. The molecule has 6 heteroatoms. The molecule has 3 N–H and O–H groups in total. The van der Waals surface area contributed by atoms with Gasteiger partial charge in [-0.1, -0.05) is 19.3 Å². The Hall–Kier alpha value is -1.59. The molecule has 94 valence electrons. The van der Waals surface area contributed by atoms with Crippen molar-refractivity contribution >= 4 is 17.8 Å². The van der Waals surface area contributed by atoms with Crippen molar-refractivity contribution < 1.29 is 14.4 Å². The number of urea groups is 1. The standard InChI is InChI=1S/C11H17N3O3/c12-8(15)4-7-14-9(16)11(13-10(14)17)5-2-1-3-6-11/h1-7H2,(H2,12,15)(H,13,17). The number of hydrogen-bond acceptors (Lipinski definition) is 3. The minimum atomic E-state index is -0.701. The molecule has 0 atom stereocenters. The highest BCUT2D eigenvalue weighted by Gasteiger charge is 2.50. The van der Waals surface area contributed by atoms with Gasteiger partial charge in [-0.05, 0) is 12.8 Å². The van der Waals surface area contributed by atoms with Crippen LogP contribution in [0.25, 0.3) is 0 Å². The number of imide groups is 1. The van der Waals surface area contributed by atoms with Gasteiger partial charge in [-0.15, -0.1) is 0 Å². The second-order valence-corrected chi connectivity index (χ2v) is 4.75. The quantitative estimate of drug-likeness (QED) is 0.685. The number of nitrogens with one attached hydrogen (secondary N) is 1. The molecule has 1 aliphatic carbocycles. The monoisotopic (exact) mass is 239 g/mol. The SMILES string of the molecule is NC(=O)CCN1C(=O)NC2(CCCCC2)C1=O. The first-order valence-electron chi connectivity index (χ1n) is 5.98. The summed E-state index contributed by atoms with van der Waals surface area (Å²) in [5.41, 5.74) is 4.32. The van der Waals surface area contributed by atoms with Crippen LogP contribution in [-0.2, 0) is 9.59 Å². The van der Waals surface area contributed by atoms with Gasteiger partial charge in [0.05, 0.1) is 0 Å². The maximum atomic E-state index is 12.2. The summed E-state index contributed by atoms with van der Waals surface area (Å²) < 4.78 is 0. The molecule has 0 radical (unpaired) electrons. The van der Waals surface area contributed by atoms with E-state index in [0.29, 0.717) is 12.8 Å². The normalized spacial score (nSPS) is 22.9. The maximum absolute atomic E-state index is 12.2. The van der Waals surface area contributed by atoms with Crippen molar-refractivity contribution in [1.82, 2.24) is 10.2 Å². The lowest BCUT2D eigenvalue weighted by atomic mass is 9.82. The van der Waals surface area contributed by atoms with E-state index in [1.807, 2.05) is 0 Å². The second kappa shape index (κ2) is 4.35. The van der Waals surface area contributed by atoms with Crippen LogP contribution in [0.4, 0.5) is 4.79 Å². The summed E-state index contributed by atoms with van der Waals surface area (Å²) in [6.45, 7) is 0.0851. The van der Waals surface area contributed by atoms with Crippen molar-refractivity contribution in [2.45, 2.75) is 44.1 Å². The Morgan fingerprint density at radius 3 is 2.53 bits per heavy atom. The molecule has 2 aliphatic rings. The zero-order valence-electron chi connectivity index (χ0n) is 9.70. The third-order valence-electron chi connectivity index (χ3n) is 3.53. The van der Waals surface area contributed by atoms with Gasteiger partial charge in [0.15, 0.2) is 0 Å². The molecule has 0 aromatic rings. The summed E-state index contributed by atoms with van der Waals surface area (Å²) in [5, 5.41) is 2.78. The molecule has 1 saturated heterocycles. The molecule has 1 spiro atoms. The fraction of sp³-hybridized carbons (Fsp3) is 0.727. The number of nitrogens with two attached hydrogens (primary N) is 1. The molecule has 2 fully saturated rings. The minimum absolute atomic E-state index is 0.0231. The Labute approximate surface area is 99.5 Å². The number of nitrogens with zero attached hydrogens (tertiary/aromatic N) is 1. The summed E-state index contributed by atoms with van der Waals surface area (Å²) in [6.07, 6.45) is 4.43. The van der Waals surface area contributed by atoms with Crippen molar-refractivity contribution in [3.05, 3.63) is 0 Å². The number of rotatable bonds is 3. The van der Waals surface area contributed by atoms with E-state index in [1.165, 1.54) is 0 Å². The van der Waals surface area contributed by atoms with Crippen LogP contribution in [0.2, 0.25) is 0 Å². The van der Waals surface area contributed by atoms with Crippen LogP contribution in [0.5, 0.6) is 0 Å². The smallest absolute Gasteiger partial charge is 0.325 e. The minimum Gasteiger partial charge on any atom is -0.370 e. The second-order valence-electron chi connectivity index (χ2n) is 4.75. The van der Waals surface area contributed by atoms with E-state index in [4.69, 9.17) is 5.73 Å². The van der Waals surface area contributed by atoms with E-state index in [1.54, 1.807) is 0 Å².